The number of rotatable bonds is 21. The summed E-state index contributed by atoms with van der Waals surface area (Å²) in [5.41, 5.74) is -0.579. The summed E-state index contributed by atoms with van der Waals surface area (Å²) in [7, 11) is 0. The van der Waals surface area contributed by atoms with E-state index in [-0.39, 0.29) is 0 Å². The highest BCUT2D eigenvalue weighted by atomic mass is 16.4. The number of aliphatic carboxylic acids is 1. The Balaban J connectivity index is 3.67. The van der Waals surface area contributed by atoms with E-state index < -0.39 is 11.4 Å². The van der Waals surface area contributed by atoms with Crippen molar-refractivity contribution < 1.29 is 9.90 Å². The summed E-state index contributed by atoms with van der Waals surface area (Å²) in [6.07, 6.45) is 25.1. The topological polar surface area (TPSA) is 37.3 Å². The molecule has 0 bridgehead atoms. The molecule has 0 saturated heterocycles. The van der Waals surface area contributed by atoms with E-state index in [0.29, 0.717) is 5.92 Å². The lowest BCUT2D eigenvalue weighted by Crippen LogP contribution is -2.33. The molecule has 0 rings (SSSR count). The van der Waals surface area contributed by atoms with Gasteiger partial charge in [0.05, 0.1) is 5.41 Å². The minimum absolute atomic E-state index is 0.328. The zero-order chi connectivity index (χ0) is 21.1. The van der Waals surface area contributed by atoms with Gasteiger partial charge in [-0.2, -0.15) is 0 Å². The average Bonchev–Trinajstić information content (AvgIpc) is 2.66. The molecule has 0 aliphatic heterocycles. The smallest absolute Gasteiger partial charge is 0.309 e. The normalized spacial score (nSPS) is 13.0. The van der Waals surface area contributed by atoms with Crippen molar-refractivity contribution in [3.8, 4) is 0 Å². The Labute approximate surface area is 177 Å². The molecule has 1 atom stereocenters. The van der Waals surface area contributed by atoms with E-state index in [9.17, 15) is 9.90 Å². The number of carboxylic acid groups (broad SMARTS) is 1. The Morgan fingerprint density at radius 3 is 1.25 bits per heavy atom. The van der Waals surface area contributed by atoms with E-state index in [1.54, 1.807) is 0 Å². The van der Waals surface area contributed by atoms with Gasteiger partial charge in [-0.05, 0) is 32.6 Å². The van der Waals surface area contributed by atoms with Gasteiger partial charge >= 0.3 is 5.97 Å². The second-order valence-corrected chi connectivity index (χ2v) is 9.60. The van der Waals surface area contributed by atoms with Crippen molar-refractivity contribution in [3.63, 3.8) is 0 Å². The molecule has 2 heteroatoms. The molecule has 168 valence electrons. The lowest BCUT2D eigenvalue weighted by Gasteiger charge is -2.30. The van der Waals surface area contributed by atoms with E-state index in [0.717, 1.165) is 12.8 Å². The molecule has 28 heavy (non-hydrogen) atoms. The number of unbranched alkanes of at least 4 members (excludes halogenated alkanes) is 15. The summed E-state index contributed by atoms with van der Waals surface area (Å²) in [5, 5.41) is 9.58. The van der Waals surface area contributed by atoms with Crippen LogP contribution in [-0.2, 0) is 4.79 Å². The van der Waals surface area contributed by atoms with E-state index in [1.807, 2.05) is 13.8 Å². The SMILES string of the molecule is CCCCCCCCCCCCCCCCC(CCCCC)C(C)(C)C(=O)O. The van der Waals surface area contributed by atoms with Gasteiger partial charge < -0.3 is 5.11 Å². The Hall–Kier alpha value is -0.530. The fourth-order valence-electron chi connectivity index (χ4n) is 4.27. The number of carboxylic acids is 1. The highest BCUT2D eigenvalue weighted by Gasteiger charge is 2.35. The van der Waals surface area contributed by atoms with E-state index in [2.05, 4.69) is 13.8 Å². The van der Waals surface area contributed by atoms with Crippen LogP contribution in [0.25, 0.3) is 0 Å². The van der Waals surface area contributed by atoms with Crippen molar-refractivity contribution in [2.75, 3.05) is 0 Å². The largest absolute Gasteiger partial charge is 0.481 e. The molecule has 0 radical (unpaired) electrons. The van der Waals surface area contributed by atoms with Gasteiger partial charge in [0.15, 0.2) is 0 Å². The molecule has 0 heterocycles. The first-order chi connectivity index (χ1) is 13.5. The Morgan fingerprint density at radius 2 is 0.893 bits per heavy atom. The second-order valence-electron chi connectivity index (χ2n) is 9.60. The third-order valence-corrected chi connectivity index (χ3v) is 6.63. The summed E-state index contributed by atoms with van der Waals surface area (Å²) in [6.45, 7) is 8.35. The Bertz CT molecular complexity index is 348. The highest BCUT2D eigenvalue weighted by molar-refractivity contribution is 5.74. The van der Waals surface area contributed by atoms with E-state index >= 15 is 0 Å². The van der Waals surface area contributed by atoms with Gasteiger partial charge in [0.1, 0.15) is 0 Å². The van der Waals surface area contributed by atoms with Gasteiger partial charge in [-0.1, -0.05) is 123 Å². The van der Waals surface area contributed by atoms with Crippen LogP contribution < -0.4 is 0 Å². The fraction of sp³-hybridized carbons (Fsp3) is 0.962. The zero-order valence-electron chi connectivity index (χ0n) is 19.9. The first-order valence-electron chi connectivity index (χ1n) is 12.7. The first kappa shape index (κ1) is 27.5. The number of hydrogen-bond donors (Lipinski definition) is 1. The predicted octanol–water partition coefficient (Wildman–Crippen LogP) is 9.17. The van der Waals surface area contributed by atoms with Gasteiger partial charge in [0.25, 0.3) is 0 Å². The van der Waals surface area contributed by atoms with Crippen molar-refractivity contribution in [2.45, 2.75) is 150 Å². The van der Waals surface area contributed by atoms with Crippen LogP contribution in [0, 0.1) is 11.3 Å². The summed E-state index contributed by atoms with van der Waals surface area (Å²) >= 11 is 0. The summed E-state index contributed by atoms with van der Waals surface area (Å²) < 4.78 is 0. The molecule has 0 amide bonds. The third-order valence-electron chi connectivity index (χ3n) is 6.63. The number of carbonyl (C=O) groups is 1. The zero-order valence-corrected chi connectivity index (χ0v) is 19.9. The van der Waals surface area contributed by atoms with Gasteiger partial charge in [-0.15, -0.1) is 0 Å². The molecule has 2 nitrogen and oxygen atoms in total. The molecule has 0 aliphatic rings. The number of hydrogen-bond acceptors (Lipinski definition) is 1. The maximum Gasteiger partial charge on any atom is 0.309 e. The van der Waals surface area contributed by atoms with Crippen LogP contribution in [0.2, 0.25) is 0 Å². The average molecular weight is 397 g/mol. The maximum absolute atomic E-state index is 11.6. The molecule has 0 aliphatic carbocycles. The van der Waals surface area contributed by atoms with Gasteiger partial charge in [0.2, 0.25) is 0 Å². The Kier molecular flexibility index (Phi) is 18.1. The van der Waals surface area contributed by atoms with Crippen molar-refractivity contribution in [2.24, 2.45) is 11.3 Å². The lowest BCUT2D eigenvalue weighted by atomic mass is 9.73. The minimum Gasteiger partial charge on any atom is -0.481 e. The van der Waals surface area contributed by atoms with Crippen LogP contribution in [-0.4, -0.2) is 11.1 Å². The second kappa shape index (κ2) is 18.5. The lowest BCUT2D eigenvalue weighted by molar-refractivity contribution is -0.150. The van der Waals surface area contributed by atoms with Gasteiger partial charge in [-0.25, -0.2) is 0 Å². The molecule has 0 aromatic carbocycles. The highest BCUT2D eigenvalue weighted by Crippen LogP contribution is 2.35. The van der Waals surface area contributed by atoms with Crippen LogP contribution in [0.3, 0.4) is 0 Å². The van der Waals surface area contributed by atoms with Crippen LogP contribution in [0.5, 0.6) is 0 Å². The van der Waals surface area contributed by atoms with E-state index in [1.165, 1.54) is 109 Å². The molecule has 0 aromatic heterocycles. The predicted molar refractivity (Wildman–Crippen MR) is 124 cm³/mol. The standard InChI is InChI=1S/C26H52O2/c1-5-7-9-10-11-12-13-14-15-16-17-18-19-21-23-24(22-20-8-6-2)26(3,4)25(27)28/h24H,5-23H2,1-4H3,(H,27,28). The quantitative estimate of drug-likeness (QED) is 0.196. The molecule has 1 unspecified atom stereocenters. The summed E-state index contributed by atoms with van der Waals surface area (Å²) in [4.78, 5) is 11.6. The third kappa shape index (κ3) is 14.5. The van der Waals surface area contributed by atoms with E-state index in [4.69, 9.17) is 0 Å². The van der Waals surface area contributed by atoms with Gasteiger partial charge in [0, 0.05) is 0 Å². The Morgan fingerprint density at radius 1 is 0.607 bits per heavy atom. The summed E-state index contributed by atoms with van der Waals surface area (Å²) in [5.74, 6) is -0.298. The van der Waals surface area contributed by atoms with Crippen molar-refractivity contribution in [1.82, 2.24) is 0 Å². The van der Waals surface area contributed by atoms with Crippen molar-refractivity contribution in [1.29, 1.82) is 0 Å². The monoisotopic (exact) mass is 396 g/mol. The molecule has 0 fully saturated rings. The van der Waals surface area contributed by atoms with Gasteiger partial charge in [-0.3, -0.25) is 4.79 Å². The molecule has 0 spiro atoms. The fourth-order valence-corrected chi connectivity index (χ4v) is 4.27. The molecule has 0 aromatic rings. The minimum atomic E-state index is -0.626. The van der Waals surface area contributed by atoms with Crippen LogP contribution in [0.1, 0.15) is 150 Å². The molecule has 0 saturated carbocycles. The van der Waals surface area contributed by atoms with Crippen molar-refractivity contribution in [3.05, 3.63) is 0 Å². The van der Waals surface area contributed by atoms with Crippen molar-refractivity contribution >= 4 is 5.97 Å². The van der Waals surface area contributed by atoms with Crippen LogP contribution in [0.4, 0.5) is 0 Å². The van der Waals surface area contributed by atoms with Crippen LogP contribution >= 0.6 is 0 Å². The van der Waals surface area contributed by atoms with Crippen LogP contribution in [0.15, 0.2) is 0 Å². The molecular weight excluding hydrogens is 344 g/mol. The maximum atomic E-state index is 11.6. The molecule has 1 N–H and O–H groups in total. The molecular formula is C26H52O2. The first-order valence-corrected chi connectivity index (χ1v) is 12.7. The summed E-state index contributed by atoms with van der Waals surface area (Å²) in [6, 6.07) is 0.